The average molecular weight is 702 g/mol. The molecule has 1 unspecified atom stereocenters. The number of pyridine rings is 1. The van der Waals surface area contributed by atoms with E-state index in [1.54, 1.807) is 27.7 Å². The van der Waals surface area contributed by atoms with E-state index in [9.17, 15) is 32.7 Å². The van der Waals surface area contributed by atoms with Gasteiger partial charge in [-0.15, -0.1) is 0 Å². The van der Waals surface area contributed by atoms with Crippen LogP contribution in [0.1, 0.15) is 103 Å². The van der Waals surface area contributed by atoms with Gasteiger partial charge in [-0.1, -0.05) is 31.5 Å². The number of rotatable bonds is 13. The number of aliphatic carboxylic acids is 1. The Balaban J connectivity index is 1.60. The number of benzene rings is 2. The number of carboxylic acids is 1. The number of carbonyl (C=O) groups excluding carboxylic acids is 1. The standard InChI is InChI=1S/C38H44F5N3O4/c1-20(2)13-30(46-19-25(9-12-45-10-6-11-45)28(17-31(46)47)38(41,42)43)37(50)44-29(18-32(48)49)34-35(39)26(24-7-8-24)16-27(36(34)40)33-22(4)14-21(3)15-23(33)5/h14-17,19-20,24,29-30H,6-13,18H2,1-5H3,(H,44,50)(H,48,49)/t29-,30?/m0/s1. The number of hydrogen-bond acceptors (Lipinski definition) is 4. The number of halogens is 5. The highest BCUT2D eigenvalue weighted by molar-refractivity contribution is 5.82. The van der Waals surface area contributed by atoms with Gasteiger partial charge in [-0.05, 0) is 112 Å². The maximum Gasteiger partial charge on any atom is 0.416 e. The quantitative estimate of drug-likeness (QED) is 0.178. The van der Waals surface area contributed by atoms with Crippen LogP contribution in [0.4, 0.5) is 22.0 Å². The molecule has 2 fully saturated rings. The zero-order chi connectivity index (χ0) is 36.7. The van der Waals surface area contributed by atoms with Gasteiger partial charge in [0.05, 0.1) is 18.0 Å². The Morgan fingerprint density at radius 3 is 2.16 bits per heavy atom. The van der Waals surface area contributed by atoms with Gasteiger partial charge in [-0.2, -0.15) is 13.2 Å². The zero-order valence-corrected chi connectivity index (χ0v) is 29.0. The molecule has 0 radical (unpaired) electrons. The van der Waals surface area contributed by atoms with E-state index in [1.807, 2.05) is 24.0 Å². The predicted octanol–water partition coefficient (Wildman–Crippen LogP) is 7.78. The fourth-order valence-electron chi connectivity index (χ4n) is 7.11. The van der Waals surface area contributed by atoms with Crippen molar-refractivity contribution in [1.29, 1.82) is 0 Å². The van der Waals surface area contributed by atoms with Crippen molar-refractivity contribution < 1.29 is 36.6 Å². The van der Waals surface area contributed by atoms with Crippen molar-refractivity contribution >= 4 is 11.9 Å². The molecule has 2 aromatic carbocycles. The molecule has 1 aromatic heterocycles. The second-order valence-electron chi connectivity index (χ2n) is 14.3. The molecule has 3 aromatic rings. The molecule has 1 saturated carbocycles. The Morgan fingerprint density at radius 2 is 1.64 bits per heavy atom. The number of carboxylic acid groups (broad SMARTS) is 1. The number of hydrogen-bond donors (Lipinski definition) is 2. The number of aryl methyl sites for hydroxylation is 3. The molecule has 0 bridgehead atoms. The van der Waals surface area contributed by atoms with Crippen molar-refractivity contribution in [3.8, 4) is 11.1 Å². The lowest BCUT2D eigenvalue weighted by atomic mass is 9.87. The van der Waals surface area contributed by atoms with Crippen LogP contribution in [0.15, 0.2) is 35.3 Å². The highest BCUT2D eigenvalue weighted by Crippen LogP contribution is 2.46. The summed E-state index contributed by atoms with van der Waals surface area (Å²) in [6.45, 7) is 10.9. The molecule has 1 amide bonds. The predicted molar refractivity (Wildman–Crippen MR) is 180 cm³/mol. The fraction of sp³-hybridized carbons (Fsp3) is 0.500. The van der Waals surface area contributed by atoms with Crippen LogP contribution in [0.5, 0.6) is 0 Å². The normalized spacial score (nSPS) is 16.3. The van der Waals surface area contributed by atoms with Gasteiger partial charge in [0.15, 0.2) is 0 Å². The summed E-state index contributed by atoms with van der Waals surface area (Å²) in [5.41, 5.74) is 0.375. The van der Waals surface area contributed by atoms with E-state index >= 15 is 8.78 Å². The Bertz CT molecular complexity index is 1820. The van der Waals surface area contributed by atoms with Crippen LogP contribution in [-0.2, 0) is 22.2 Å². The van der Waals surface area contributed by atoms with Gasteiger partial charge in [0.2, 0.25) is 5.91 Å². The van der Waals surface area contributed by atoms with Crippen LogP contribution in [0.2, 0.25) is 0 Å². The molecule has 2 heterocycles. The van der Waals surface area contributed by atoms with E-state index in [4.69, 9.17) is 0 Å². The highest BCUT2D eigenvalue weighted by atomic mass is 19.4. The van der Waals surface area contributed by atoms with Gasteiger partial charge in [0.1, 0.15) is 17.7 Å². The van der Waals surface area contributed by atoms with Gasteiger partial charge >= 0.3 is 12.1 Å². The molecule has 7 nitrogen and oxygen atoms in total. The first-order valence-corrected chi connectivity index (χ1v) is 17.1. The molecule has 12 heteroatoms. The first-order chi connectivity index (χ1) is 23.5. The average Bonchev–Trinajstić information content (AvgIpc) is 3.81. The maximum atomic E-state index is 16.7. The third-order valence-corrected chi connectivity index (χ3v) is 9.72. The molecule has 50 heavy (non-hydrogen) atoms. The lowest BCUT2D eigenvalue weighted by Gasteiger charge is -2.31. The Morgan fingerprint density at radius 1 is 1.00 bits per heavy atom. The molecule has 1 saturated heterocycles. The minimum atomic E-state index is -4.81. The number of carbonyl (C=O) groups is 2. The maximum absolute atomic E-state index is 16.7. The zero-order valence-electron chi connectivity index (χ0n) is 29.0. The molecular weight excluding hydrogens is 657 g/mol. The van der Waals surface area contributed by atoms with Crippen LogP contribution in [0, 0.1) is 38.3 Å². The second-order valence-corrected chi connectivity index (χ2v) is 14.3. The number of likely N-dealkylation sites (tertiary alicyclic amines) is 1. The topological polar surface area (TPSA) is 91.6 Å². The summed E-state index contributed by atoms with van der Waals surface area (Å²) in [5.74, 6) is -4.75. The molecule has 1 aliphatic carbocycles. The van der Waals surface area contributed by atoms with E-state index in [2.05, 4.69) is 5.32 Å². The minimum Gasteiger partial charge on any atom is -0.481 e. The van der Waals surface area contributed by atoms with Crippen molar-refractivity contribution in [2.45, 2.75) is 97.3 Å². The van der Waals surface area contributed by atoms with Crippen LogP contribution < -0.4 is 10.9 Å². The van der Waals surface area contributed by atoms with E-state index in [0.29, 0.717) is 31.0 Å². The Hall–Kier alpha value is -4.06. The number of aromatic nitrogens is 1. The third-order valence-electron chi connectivity index (χ3n) is 9.72. The summed E-state index contributed by atoms with van der Waals surface area (Å²) in [7, 11) is 0. The summed E-state index contributed by atoms with van der Waals surface area (Å²) in [6, 6.07) is 2.62. The number of nitrogens with one attached hydrogen (secondary N) is 1. The molecule has 1 aliphatic heterocycles. The molecule has 0 spiro atoms. The smallest absolute Gasteiger partial charge is 0.416 e. The van der Waals surface area contributed by atoms with Gasteiger partial charge in [0.25, 0.3) is 5.56 Å². The lowest BCUT2D eigenvalue weighted by molar-refractivity contribution is -0.139. The lowest BCUT2D eigenvalue weighted by Crippen LogP contribution is -2.41. The van der Waals surface area contributed by atoms with Gasteiger partial charge in [0, 0.05) is 29.9 Å². The van der Waals surface area contributed by atoms with Gasteiger partial charge < -0.3 is 19.9 Å². The van der Waals surface area contributed by atoms with Gasteiger partial charge in [-0.3, -0.25) is 14.4 Å². The van der Waals surface area contributed by atoms with Crippen molar-refractivity contribution in [3.63, 3.8) is 0 Å². The molecule has 5 rings (SSSR count). The minimum absolute atomic E-state index is 0.0114. The molecule has 2 aliphatic rings. The largest absolute Gasteiger partial charge is 0.481 e. The van der Waals surface area contributed by atoms with E-state index in [0.717, 1.165) is 47.0 Å². The van der Waals surface area contributed by atoms with E-state index < -0.39 is 64.9 Å². The Labute approximate surface area is 288 Å². The third kappa shape index (κ3) is 8.11. The molecule has 270 valence electrons. The summed E-state index contributed by atoms with van der Waals surface area (Å²) in [5, 5.41) is 12.4. The monoisotopic (exact) mass is 701 g/mol. The molecule has 2 N–H and O–H groups in total. The molecular formula is C38H44F5N3O4. The SMILES string of the molecule is Cc1cc(C)c(-c2cc(C3CC3)c(F)c([C@H](CC(=O)O)NC(=O)C(CC(C)C)n3cc(CCN4CCC4)c(C(F)(F)F)cc3=O)c2F)c(C)c1. The Kier molecular flexibility index (Phi) is 10.9. The van der Waals surface area contributed by atoms with Crippen molar-refractivity contribution in [2.75, 3.05) is 19.6 Å². The van der Waals surface area contributed by atoms with Crippen molar-refractivity contribution in [2.24, 2.45) is 5.92 Å². The number of amides is 1. The van der Waals surface area contributed by atoms with Crippen molar-refractivity contribution in [1.82, 2.24) is 14.8 Å². The van der Waals surface area contributed by atoms with Crippen molar-refractivity contribution in [3.05, 3.63) is 91.4 Å². The van der Waals surface area contributed by atoms with Crippen LogP contribution in [0.25, 0.3) is 11.1 Å². The van der Waals surface area contributed by atoms with E-state index in [-0.39, 0.29) is 41.4 Å². The van der Waals surface area contributed by atoms with Crippen LogP contribution in [0.3, 0.4) is 0 Å². The molecule has 2 atom stereocenters. The first kappa shape index (κ1) is 37.2. The summed E-state index contributed by atoms with van der Waals surface area (Å²) in [6.07, 6.45) is -2.39. The number of alkyl halides is 3. The van der Waals surface area contributed by atoms with E-state index in [1.165, 1.54) is 6.07 Å². The second kappa shape index (κ2) is 14.7. The number of nitrogens with zero attached hydrogens (tertiary/aromatic N) is 2. The fourth-order valence-corrected chi connectivity index (χ4v) is 7.11. The highest BCUT2D eigenvalue weighted by Gasteiger charge is 2.38. The summed E-state index contributed by atoms with van der Waals surface area (Å²) in [4.78, 5) is 41.6. The first-order valence-electron chi connectivity index (χ1n) is 17.1. The van der Waals surface area contributed by atoms with Gasteiger partial charge in [-0.25, -0.2) is 8.78 Å². The summed E-state index contributed by atoms with van der Waals surface area (Å²) < 4.78 is 76.2. The van der Waals surface area contributed by atoms with Crippen LogP contribution in [-0.4, -0.2) is 46.1 Å². The summed E-state index contributed by atoms with van der Waals surface area (Å²) >= 11 is 0. The van der Waals surface area contributed by atoms with Crippen LogP contribution >= 0.6 is 0 Å².